The maximum Gasteiger partial charge on any atom is 0.233 e. The summed E-state index contributed by atoms with van der Waals surface area (Å²) in [6.07, 6.45) is 2.66. The van der Waals surface area contributed by atoms with E-state index in [1.165, 1.54) is 23.5 Å². The van der Waals surface area contributed by atoms with Gasteiger partial charge in [0.15, 0.2) is 0 Å². The molecule has 4 heterocycles. The monoisotopic (exact) mass is 611 g/mol. The number of nitrogens with zero attached hydrogens (tertiary/aromatic N) is 6. The molecule has 8 nitrogen and oxygen atoms in total. The molecule has 3 aromatic heterocycles. The van der Waals surface area contributed by atoms with Crippen LogP contribution in [-0.4, -0.2) is 64.9 Å². The van der Waals surface area contributed by atoms with Crippen molar-refractivity contribution >= 4 is 28.6 Å². The lowest BCUT2D eigenvalue weighted by molar-refractivity contribution is -0.121. The summed E-state index contributed by atoms with van der Waals surface area (Å²) in [6.45, 7) is 7.24. The van der Waals surface area contributed by atoms with Crippen LogP contribution in [-0.2, 0) is 11.2 Å². The fraction of sp³-hybridized carbons (Fsp3) is 0.273. The van der Waals surface area contributed by atoms with E-state index in [9.17, 15) is 14.4 Å². The molecule has 0 aliphatic carbocycles. The number of pyridine rings is 1. The lowest BCUT2D eigenvalue weighted by atomic mass is 10.0. The van der Waals surface area contributed by atoms with Gasteiger partial charge in [0.25, 0.3) is 0 Å². The highest BCUT2D eigenvalue weighted by Gasteiger charge is 2.23. The number of nitrogens with one attached hydrogen (secondary N) is 1. The fourth-order valence-electron chi connectivity index (χ4n) is 5.70. The standard InChI is InChI=1S/C33H31F2N7OS/c1-4-27-32(42-17-23(6-10-29(42)38-27)41-13-11-40(12-14-41)18-30(43)37-3)26-9-8-24(20(2)31(26)35)33-39-28(19-44-33)25-7-5-22(34)15-21(25)16-36/h5-10,15,17,19H,4,11-14,18H2,1-3H3,(H,37,43). The van der Waals surface area contributed by atoms with Crippen molar-refractivity contribution < 1.29 is 13.6 Å². The Kier molecular flexibility index (Phi) is 8.12. The van der Waals surface area contributed by atoms with Crippen LogP contribution in [0.15, 0.2) is 54.0 Å². The van der Waals surface area contributed by atoms with Gasteiger partial charge in [-0.25, -0.2) is 18.7 Å². The number of rotatable bonds is 7. The van der Waals surface area contributed by atoms with Crippen LogP contribution in [0.3, 0.4) is 0 Å². The Bertz CT molecular complexity index is 1920. The summed E-state index contributed by atoms with van der Waals surface area (Å²) in [5.41, 5.74) is 6.15. The molecule has 1 amide bonds. The van der Waals surface area contributed by atoms with Crippen molar-refractivity contribution in [2.24, 2.45) is 0 Å². The molecule has 1 aliphatic heterocycles. The van der Waals surface area contributed by atoms with E-state index in [-0.39, 0.29) is 17.3 Å². The maximum absolute atomic E-state index is 16.3. The molecule has 5 aromatic rings. The quantitative estimate of drug-likeness (QED) is 0.255. The van der Waals surface area contributed by atoms with Crippen molar-refractivity contribution in [1.29, 1.82) is 5.26 Å². The number of carbonyl (C=O) groups excluding carboxylic acids is 1. The van der Waals surface area contributed by atoms with E-state index >= 15 is 4.39 Å². The third kappa shape index (κ3) is 5.42. The number of nitriles is 1. The van der Waals surface area contributed by atoms with Crippen molar-refractivity contribution in [3.8, 4) is 39.2 Å². The van der Waals surface area contributed by atoms with E-state index in [4.69, 9.17) is 4.98 Å². The number of aryl methyl sites for hydroxylation is 1. The molecular weight excluding hydrogens is 580 g/mol. The minimum Gasteiger partial charge on any atom is -0.368 e. The summed E-state index contributed by atoms with van der Waals surface area (Å²) in [4.78, 5) is 25.7. The van der Waals surface area contributed by atoms with E-state index in [1.807, 2.05) is 41.8 Å². The summed E-state index contributed by atoms with van der Waals surface area (Å²) < 4.78 is 31.9. The van der Waals surface area contributed by atoms with Crippen molar-refractivity contribution in [1.82, 2.24) is 24.6 Å². The number of amides is 1. The molecule has 6 rings (SSSR count). The zero-order valence-corrected chi connectivity index (χ0v) is 25.5. The van der Waals surface area contributed by atoms with Gasteiger partial charge in [0.2, 0.25) is 5.91 Å². The van der Waals surface area contributed by atoms with Crippen LogP contribution >= 0.6 is 11.3 Å². The Morgan fingerprint density at radius 3 is 2.52 bits per heavy atom. The molecule has 1 N–H and O–H groups in total. The zero-order chi connectivity index (χ0) is 31.0. The van der Waals surface area contributed by atoms with Gasteiger partial charge in [0.1, 0.15) is 22.3 Å². The van der Waals surface area contributed by atoms with Gasteiger partial charge in [0.05, 0.1) is 40.9 Å². The Labute approximate surface area is 258 Å². The van der Waals surface area contributed by atoms with Crippen LogP contribution in [0.4, 0.5) is 14.5 Å². The van der Waals surface area contributed by atoms with E-state index in [1.54, 1.807) is 31.5 Å². The first-order chi connectivity index (χ1) is 21.3. The smallest absolute Gasteiger partial charge is 0.233 e. The molecule has 0 spiro atoms. The molecule has 44 heavy (non-hydrogen) atoms. The van der Waals surface area contributed by atoms with Gasteiger partial charge in [-0.2, -0.15) is 5.26 Å². The van der Waals surface area contributed by atoms with E-state index in [0.29, 0.717) is 45.9 Å². The number of hydrogen-bond acceptors (Lipinski definition) is 7. The van der Waals surface area contributed by atoms with Crippen LogP contribution in [0.1, 0.15) is 23.7 Å². The Balaban J connectivity index is 1.33. The number of imidazole rings is 1. The molecule has 0 radical (unpaired) electrons. The van der Waals surface area contributed by atoms with Crippen molar-refractivity contribution in [2.75, 3.05) is 44.7 Å². The highest BCUT2D eigenvalue weighted by Crippen LogP contribution is 2.37. The Hall–Kier alpha value is -4.66. The van der Waals surface area contributed by atoms with Crippen LogP contribution in [0.5, 0.6) is 0 Å². The number of benzene rings is 2. The van der Waals surface area contributed by atoms with Gasteiger partial charge in [-0.3, -0.25) is 14.1 Å². The average molecular weight is 612 g/mol. The van der Waals surface area contributed by atoms with Crippen molar-refractivity contribution in [3.63, 3.8) is 0 Å². The fourth-order valence-corrected chi connectivity index (χ4v) is 6.60. The third-order valence-electron chi connectivity index (χ3n) is 8.15. The molecule has 1 saturated heterocycles. The number of piperazine rings is 1. The summed E-state index contributed by atoms with van der Waals surface area (Å²) in [7, 11) is 1.65. The van der Waals surface area contributed by atoms with Crippen LogP contribution in [0.25, 0.3) is 38.7 Å². The normalized spacial score (nSPS) is 13.8. The maximum atomic E-state index is 16.3. The minimum atomic E-state index is -0.485. The number of anilines is 1. The Morgan fingerprint density at radius 2 is 1.80 bits per heavy atom. The Morgan fingerprint density at radius 1 is 1.05 bits per heavy atom. The van der Waals surface area contributed by atoms with Gasteiger partial charge in [0, 0.05) is 61.5 Å². The van der Waals surface area contributed by atoms with Crippen LogP contribution < -0.4 is 10.2 Å². The number of thiazole rings is 1. The molecule has 11 heteroatoms. The third-order valence-corrected chi connectivity index (χ3v) is 9.02. The molecular formula is C33H31F2N7OS. The van der Waals surface area contributed by atoms with Gasteiger partial charge in [-0.15, -0.1) is 11.3 Å². The van der Waals surface area contributed by atoms with Gasteiger partial charge < -0.3 is 10.2 Å². The summed E-state index contributed by atoms with van der Waals surface area (Å²) in [5, 5.41) is 14.6. The highest BCUT2D eigenvalue weighted by molar-refractivity contribution is 7.13. The summed E-state index contributed by atoms with van der Waals surface area (Å²) in [5.74, 6) is -0.821. The molecule has 0 unspecified atom stereocenters. The molecule has 2 aromatic carbocycles. The second-order valence-corrected chi connectivity index (χ2v) is 11.6. The number of carbonyl (C=O) groups is 1. The lowest BCUT2D eigenvalue weighted by Gasteiger charge is -2.35. The van der Waals surface area contributed by atoms with Crippen molar-refractivity contribution in [3.05, 3.63) is 82.5 Å². The molecule has 224 valence electrons. The van der Waals surface area contributed by atoms with Gasteiger partial charge in [-0.05, 0) is 55.3 Å². The van der Waals surface area contributed by atoms with E-state index in [2.05, 4.69) is 20.1 Å². The van der Waals surface area contributed by atoms with Crippen LogP contribution in [0.2, 0.25) is 0 Å². The van der Waals surface area contributed by atoms with Crippen molar-refractivity contribution in [2.45, 2.75) is 20.3 Å². The average Bonchev–Trinajstić information content (AvgIpc) is 3.67. The summed E-state index contributed by atoms with van der Waals surface area (Å²) in [6, 6.07) is 13.7. The molecule has 0 saturated carbocycles. The second kappa shape index (κ2) is 12.1. The number of likely N-dealkylation sites (N-methyl/N-ethyl adjacent to an activating group) is 1. The van der Waals surface area contributed by atoms with Crippen LogP contribution in [0, 0.1) is 29.9 Å². The first kappa shape index (κ1) is 29.4. The molecule has 1 aliphatic rings. The minimum absolute atomic E-state index is 0.00896. The number of aromatic nitrogens is 3. The predicted molar refractivity (Wildman–Crippen MR) is 169 cm³/mol. The first-order valence-electron chi connectivity index (χ1n) is 14.5. The molecule has 1 fully saturated rings. The highest BCUT2D eigenvalue weighted by atomic mass is 32.1. The largest absolute Gasteiger partial charge is 0.368 e. The molecule has 0 atom stereocenters. The van der Waals surface area contributed by atoms with Gasteiger partial charge >= 0.3 is 0 Å². The number of halogens is 2. The first-order valence-corrected chi connectivity index (χ1v) is 15.3. The van der Waals surface area contributed by atoms with E-state index in [0.717, 1.165) is 48.9 Å². The topological polar surface area (TPSA) is 89.6 Å². The number of hydrogen-bond donors (Lipinski definition) is 1. The SMILES string of the molecule is CCc1nc2ccc(N3CCN(CC(=O)NC)CC3)cn2c1-c1ccc(-c2nc(-c3ccc(F)cc3C#N)cs2)c(C)c1F. The summed E-state index contributed by atoms with van der Waals surface area (Å²) >= 11 is 1.35. The predicted octanol–water partition coefficient (Wildman–Crippen LogP) is 5.68. The molecule has 0 bridgehead atoms. The second-order valence-electron chi connectivity index (χ2n) is 10.8. The van der Waals surface area contributed by atoms with Gasteiger partial charge in [-0.1, -0.05) is 13.0 Å². The number of fused-ring (bicyclic) bond motifs is 1. The van der Waals surface area contributed by atoms with E-state index < -0.39 is 5.82 Å². The zero-order valence-electron chi connectivity index (χ0n) is 24.7. The lowest BCUT2D eigenvalue weighted by Crippen LogP contribution is -2.49.